The van der Waals surface area contributed by atoms with Gasteiger partial charge in [-0.3, -0.25) is 0 Å². The molecule has 0 amide bonds. The van der Waals surface area contributed by atoms with E-state index in [-0.39, 0.29) is 5.60 Å². The van der Waals surface area contributed by atoms with Crippen molar-refractivity contribution in [1.82, 2.24) is 4.90 Å². The smallest absolute Gasteiger partial charge is 0.126 e. The molecule has 3 rings (SSSR count). The van der Waals surface area contributed by atoms with Crippen LogP contribution in [0.2, 0.25) is 0 Å². The second-order valence-electron chi connectivity index (χ2n) is 6.88. The fourth-order valence-corrected chi connectivity index (χ4v) is 3.95. The largest absolute Gasteiger partial charge is 0.487 e. The molecule has 116 valence electrons. The van der Waals surface area contributed by atoms with Gasteiger partial charge in [0.1, 0.15) is 11.4 Å². The molecule has 0 aliphatic carbocycles. The predicted molar refractivity (Wildman–Crippen MR) is 87.6 cm³/mol. The molecule has 1 saturated heterocycles. The predicted octanol–water partition coefficient (Wildman–Crippen LogP) is 3.76. The number of piperidine rings is 1. The second-order valence-corrected chi connectivity index (χ2v) is 7.80. The molecule has 0 radical (unpaired) electrons. The number of nitrogens with zero attached hydrogens (tertiary/aromatic N) is 1. The van der Waals surface area contributed by atoms with Gasteiger partial charge in [0.25, 0.3) is 0 Å². The SMILES string of the molecule is CC(C)CN1CCC2(CC1)C[C@H](O)c1cc(Br)ccc1O2. The highest BCUT2D eigenvalue weighted by molar-refractivity contribution is 9.10. The second kappa shape index (κ2) is 5.90. The molecule has 2 aliphatic rings. The topological polar surface area (TPSA) is 32.7 Å². The number of aliphatic hydroxyl groups excluding tert-OH is 1. The molecule has 1 spiro atoms. The summed E-state index contributed by atoms with van der Waals surface area (Å²) < 4.78 is 7.32. The van der Waals surface area contributed by atoms with E-state index in [1.165, 1.54) is 0 Å². The average molecular weight is 354 g/mol. The Morgan fingerprint density at radius 3 is 2.76 bits per heavy atom. The highest BCUT2D eigenvalue weighted by atomic mass is 79.9. The molecule has 4 heteroatoms. The summed E-state index contributed by atoms with van der Waals surface area (Å²) >= 11 is 3.46. The third kappa shape index (κ3) is 3.27. The minimum absolute atomic E-state index is 0.173. The van der Waals surface area contributed by atoms with Crippen LogP contribution in [0.4, 0.5) is 0 Å². The molecule has 1 aromatic carbocycles. The van der Waals surface area contributed by atoms with Crippen LogP contribution in [0.25, 0.3) is 0 Å². The van der Waals surface area contributed by atoms with Crippen LogP contribution in [0.1, 0.15) is 44.8 Å². The van der Waals surface area contributed by atoms with Crippen molar-refractivity contribution < 1.29 is 9.84 Å². The van der Waals surface area contributed by atoms with Crippen molar-refractivity contribution >= 4 is 15.9 Å². The molecule has 1 fully saturated rings. The van der Waals surface area contributed by atoms with Crippen LogP contribution in [0.5, 0.6) is 5.75 Å². The zero-order chi connectivity index (χ0) is 15.0. The van der Waals surface area contributed by atoms with Crippen molar-refractivity contribution in [3.05, 3.63) is 28.2 Å². The lowest BCUT2D eigenvalue weighted by molar-refractivity contribution is -0.0551. The van der Waals surface area contributed by atoms with E-state index in [2.05, 4.69) is 34.7 Å². The van der Waals surface area contributed by atoms with E-state index in [9.17, 15) is 5.11 Å². The summed E-state index contributed by atoms with van der Waals surface area (Å²) in [7, 11) is 0. The van der Waals surface area contributed by atoms with Crippen LogP contribution in [0, 0.1) is 5.92 Å². The fourth-order valence-electron chi connectivity index (χ4n) is 3.58. The summed E-state index contributed by atoms with van der Waals surface area (Å²) in [6, 6.07) is 5.93. The van der Waals surface area contributed by atoms with Crippen LogP contribution < -0.4 is 4.74 Å². The molecule has 1 N–H and O–H groups in total. The van der Waals surface area contributed by atoms with E-state index < -0.39 is 6.10 Å². The molecule has 0 saturated carbocycles. The van der Waals surface area contributed by atoms with Crippen LogP contribution in [0.15, 0.2) is 22.7 Å². The monoisotopic (exact) mass is 353 g/mol. The van der Waals surface area contributed by atoms with Gasteiger partial charge in [-0.15, -0.1) is 0 Å². The average Bonchev–Trinajstić information content (AvgIpc) is 2.42. The highest BCUT2D eigenvalue weighted by Gasteiger charge is 2.42. The molecule has 0 aromatic heterocycles. The van der Waals surface area contributed by atoms with Gasteiger partial charge in [-0.1, -0.05) is 29.8 Å². The standard InChI is InChI=1S/C17H24BrNO2/c1-12(2)11-19-7-5-17(6-8-19)10-15(20)14-9-13(18)3-4-16(14)21-17/h3-4,9,12,15,20H,5-8,10-11H2,1-2H3/t15-/m0/s1. The summed E-state index contributed by atoms with van der Waals surface area (Å²) in [4.78, 5) is 2.52. The Bertz CT molecular complexity index is 510. The lowest BCUT2D eigenvalue weighted by Gasteiger charge is -2.46. The first-order chi connectivity index (χ1) is 9.97. The van der Waals surface area contributed by atoms with E-state index in [1.54, 1.807) is 0 Å². The maximum absolute atomic E-state index is 10.5. The number of rotatable bonds is 2. The highest BCUT2D eigenvalue weighted by Crippen LogP contribution is 2.44. The molecule has 2 aliphatic heterocycles. The van der Waals surface area contributed by atoms with Crippen LogP contribution >= 0.6 is 15.9 Å². The number of hydrogen-bond acceptors (Lipinski definition) is 3. The van der Waals surface area contributed by atoms with Crippen molar-refractivity contribution in [1.29, 1.82) is 0 Å². The van der Waals surface area contributed by atoms with Crippen molar-refractivity contribution in [2.24, 2.45) is 5.92 Å². The molecule has 21 heavy (non-hydrogen) atoms. The molecule has 3 nitrogen and oxygen atoms in total. The summed E-state index contributed by atoms with van der Waals surface area (Å²) in [5.41, 5.74) is 0.743. The van der Waals surface area contributed by atoms with Gasteiger partial charge in [-0.05, 0) is 37.0 Å². The van der Waals surface area contributed by atoms with Crippen LogP contribution in [-0.4, -0.2) is 35.2 Å². The van der Waals surface area contributed by atoms with Gasteiger partial charge in [0.2, 0.25) is 0 Å². The third-order valence-corrected chi connectivity index (χ3v) is 5.11. The number of benzene rings is 1. The van der Waals surface area contributed by atoms with E-state index in [1.807, 2.05) is 18.2 Å². The van der Waals surface area contributed by atoms with Crippen molar-refractivity contribution in [2.75, 3.05) is 19.6 Å². The van der Waals surface area contributed by atoms with Crippen molar-refractivity contribution in [3.63, 3.8) is 0 Å². The summed E-state index contributed by atoms with van der Waals surface area (Å²) in [5, 5.41) is 10.5. The fraction of sp³-hybridized carbons (Fsp3) is 0.647. The maximum Gasteiger partial charge on any atom is 0.126 e. The first-order valence-electron chi connectivity index (χ1n) is 7.86. The van der Waals surface area contributed by atoms with Crippen molar-refractivity contribution in [2.45, 2.75) is 44.8 Å². The lowest BCUT2D eigenvalue weighted by Crippen LogP contribution is -2.51. The molecule has 1 atom stereocenters. The van der Waals surface area contributed by atoms with Crippen LogP contribution in [-0.2, 0) is 0 Å². The minimum Gasteiger partial charge on any atom is -0.487 e. The Morgan fingerprint density at radius 2 is 2.10 bits per heavy atom. The summed E-state index contributed by atoms with van der Waals surface area (Å²) in [6.45, 7) is 7.81. The number of ether oxygens (including phenoxy) is 1. The number of hydrogen-bond donors (Lipinski definition) is 1. The van der Waals surface area contributed by atoms with E-state index in [0.29, 0.717) is 12.3 Å². The maximum atomic E-state index is 10.5. The normalized spacial score (nSPS) is 24.9. The molecule has 0 bridgehead atoms. The van der Waals surface area contributed by atoms with Gasteiger partial charge >= 0.3 is 0 Å². The minimum atomic E-state index is -0.414. The molecular weight excluding hydrogens is 330 g/mol. The van der Waals surface area contributed by atoms with Gasteiger partial charge in [0, 0.05) is 36.1 Å². The summed E-state index contributed by atoms with van der Waals surface area (Å²) in [6.07, 6.45) is 2.31. The van der Waals surface area contributed by atoms with E-state index >= 15 is 0 Å². The zero-order valence-electron chi connectivity index (χ0n) is 12.8. The number of likely N-dealkylation sites (tertiary alicyclic amines) is 1. The molecular formula is C17H24BrNO2. The van der Waals surface area contributed by atoms with E-state index in [0.717, 1.165) is 48.3 Å². The molecule has 0 unspecified atom stereocenters. The van der Waals surface area contributed by atoms with E-state index in [4.69, 9.17) is 4.74 Å². The Labute approximate surface area is 135 Å². The first kappa shape index (κ1) is 15.3. The Morgan fingerprint density at radius 1 is 1.38 bits per heavy atom. The third-order valence-electron chi connectivity index (χ3n) is 4.61. The lowest BCUT2D eigenvalue weighted by atomic mass is 9.81. The van der Waals surface area contributed by atoms with Gasteiger partial charge < -0.3 is 14.7 Å². The quantitative estimate of drug-likeness (QED) is 0.878. The van der Waals surface area contributed by atoms with Crippen LogP contribution in [0.3, 0.4) is 0 Å². The molecule has 1 aromatic rings. The van der Waals surface area contributed by atoms with Gasteiger partial charge in [-0.2, -0.15) is 0 Å². The van der Waals surface area contributed by atoms with Crippen molar-refractivity contribution in [3.8, 4) is 5.75 Å². The van der Waals surface area contributed by atoms with Gasteiger partial charge in [0.15, 0.2) is 0 Å². The Hall–Kier alpha value is -0.580. The molecule has 2 heterocycles. The zero-order valence-corrected chi connectivity index (χ0v) is 14.4. The number of halogens is 1. The Kier molecular flexibility index (Phi) is 4.30. The summed E-state index contributed by atoms with van der Waals surface area (Å²) in [5.74, 6) is 1.56. The van der Waals surface area contributed by atoms with Gasteiger partial charge in [0.05, 0.1) is 6.10 Å². The number of aliphatic hydroxyl groups is 1. The number of fused-ring (bicyclic) bond motifs is 1. The van der Waals surface area contributed by atoms with Gasteiger partial charge in [-0.25, -0.2) is 0 Å². The first-order valence-corrected chi connectivity index (χ1v) is 8.66. The Balaban J connectivity index is 1.73.